The molecule has 0 saturated heterocycles. The molecule has 0 fully saturated rings. The number of hydrogen-bond acceptors (Lipinski definition) is 5. The zero-order chi connectivity index (χ0) is 17.1. The Balaban J connectivity index is 0.00000225. The van der Waals surface area contributed by atoms with Crippen LogP contribution >= 0.6 is 11.6 Å². The minimum atomic E-state index is -0.666. The quantitative estimate of drug-likeness (QED) is 0.836. The normalized spacial score (nSPS) is 12.7. The molecule has 1 aliphatic heterocycles. The van der Waals surface area contributed by atoms with E-state index in [9.17, 15) is 9.59 Å². The van der Waals surface area contributed by atoms with Crippen LogP contribution in [-0.2, 0) is 17.7 Å². The van der Waals surface area contributed by atoms with Gasteiger partial charge < -0.3 is 10.1 Å². The van der Waals surface area contributed by atoms with Crippen molar-refractivity contribution < 1.29 is 9.53 Å². The lowest BCUT2D eigenvalue weighted by atomic mass is 10.1. The molecule has 0 amide bonds. The first-order valence-corrected chi connectivity index (χ1v) is 8.31. The molecule has 2 aromatic rings. The first-order chi connectivity index (χ1) is 11.6. The molecule has 1 aromatic carbocycles. The Morgan fingerprint density at radius 2 is 2.20 bits per heavy atom. The summed E-state index contributed by atoms with van der Waals surface area (Å²) in [5.74, 6) is 0.234. The summed E-state index contributed by atoms with van der Waals surface area (Å²) in [6.45, 7) is 2.47. The van der Waals surface area contributed by atoms with Crippen LogP contribution < -0.4 is 10.9 Å². The number of carbonyl (C=O) groups excluding carboxylic acids is 1. The van der Waals surface area contributed by atoms with Gasteiger partial charge in [0.25, 0.3) is 5.56 Å². The van der Waals surface area contributed by atoms with Crippen molar-refractivity contribution in [3.05, 3.63) is 51.0 Å². The summed E-state index contributed by atoms with van der Waals surface area (Å²) in [5, 5.41) is 3.58. The number of aryl methyl sites for hydroxylation is 1. The molecule has 1 aromatic heterocycles. The van der Waals surface area contributed by atoms with Gasteiger partial charge in [-0.3, -0.25) is 9.36 Å². The molecule has 1 aliphatic rings. The lowest BCUT2D eigenvalue weighted by molar-refractivity contribution is 0.0524. The summed E-state index contributed by atoms with van der Waals surface area (Å²) < 4.78 is 6.61. The van der Waals surface area contributed by atoms with Crippen LogP contribution in [0.5, 0.6) is 0 Å². The maximum Gasteiger partial charge on any atom is 0.347 e. The van der Waals surface area contributed by atoms with E-state index in [1.807, 2.05) is 0 Å². The number of hydrogen-bond donors (Lipinski definition) is 1. The molecular weight excluding hydrogens is 342 g/mol. The number of esters is 1. The maximum absolute atomic E-state index is 12.8. The minimum absolute atomic E-state index is 0. The van der Waals surface area contributed by atoms with Gasteiger partial charge in [-0.05, 0) is 38.0 Å². The van der Waals surface area contributed by atoms with E-state index in [0.717, 1.165) is 12.8 Å². The van der Waals surface area contributed by atoms with Crippen molar-refractivity contribution >= 4 is 29.1 Å². The topological polar surface area (TPSA) is 73.2 Å². The number of fused-ring (bicyclic) bond motifs is 1. The Bertz CT molecular complexity index is 833. The number of nitrogens with one attached hydrogen (secondary N) is 1. The van der Waals surface area contributed by atoms with E-state index >= 15 is 0 Å². The van der Waals surface area contributed by atoms with Gasteiger partial charge in [-0.2, -0.15) is 0 Å². The van der Waals surface area contributed by atoms with E-state index < -0.39 is 5.97 Å². The Morgan fingerprint density at radius 3 is 2.92 bits per heavy atom. The molecule has 1 N–H and O–H groups in total. The van der Waals surface area contributed by atoms with Crippen molar-refractivity contribution in [3.8, 4) is 0 Å². The molecule has 0 aliphatic carbocycles. The lowest BCUT2D eigenvalue weighted by Gasteiger charge is -2.20. The van der Waals surface area contributed by atoms with Crippen LogP contribution in [0.15, 0.2) is 29.1 Å². The largest absolute Gasteiger partial charge is 0.462 e. The third kappa shape index (κ3) is 4.02. The first kappa shape index (κ1) is 19.0. The van der Waals surface area contributed by atoms with Gasteiger partial charge in [-0.15, -0.1) is 0 Å². The van der Waals surface area contributed by atoms with Crippen LogP contribution in [0.3, 0.4) is 0 Å². The van der Waals surface area contributed by atoms with Gasteiger partial charge in [-0.1, -0.05) is 25.1 Å². The van der Waals surface area contributed by atoms with Crippen molar-refractivity contribution in [2.24, 2.45) is 0 Å². The summed E-state index contributed by atoms with van der Waals surface area (Å²) in [7, 11) is 0. The highest BCUT2D eigenvalue weighted by molar-refractivity contribution is 6.30. The Kier molecular flexibility index (Phi) is 6.20. The molecule has 25 heavy (non-hydrogen) atoms. The predicted octanol–water partition coefficient (Wildman–Crippen LogP) is 3.79. The number of benzene rings is 1. The smallest absolute Gasteiger partial charge is 0.347 e. The van der Waals surface area contributed by atoms with E-state index in [1.165, 1.54) is 0 Å². The van der Waals surface area contributed by atoms with Crippen molar-refractivity contribution in [2.45, 2.75) is 40.2 Å². The molecule has 0 atom stereocenters. The second-order valence-corrected chi connectivity index (χ2v) is 5.96. The third-order valence-electron chi connectivity index (χ3n) is 3.85. The number of aromatic nitrogens is 2. The van der Waals surface area contributed by atoms with Gasteiger partial charge in [0.15, 0.2) is 11.4 Å². The number of carbonyl (C=O) groups is 1. The van der Waals surface area contributed by atoms with Gasteiger partial charge in [0, 0.05) is 23.7 Å². The van der Waals surface area contributed by atoms with Crippen molar-refractivity contribution in [1.29, 1.82) is 0 Å². The second kappa shape index (κ2) is 8.16. The van der Waals surface area contributed by atoms with Crippen LogP contribution in [0.25, 0.3) is 0 Å². The van der Waals surface area contributed by atoms with Crippen LogP contribution in [-0.4, -0.2) is 22.1 Å². The van der Waals surface area contributed by atoms with Gasteiger partial charge >= 0.3 is 5.97 Å². The first-order valence-electron chi connectivity index (χ1n) is 7.93. The molecule has 0 bridgehead atoms. The molecule has 3 rings (SSSR count). The zero-order valence-electron chi connectivity index (χ0n) is 13.3. The summed E-state index contributed by atoms with van der Waals surface area (Å²) in [4.78, 5) is 29.6. The second-order valence-electron chi connectivity index (χ2n) is 5.52. The average molecular weight is 364 g/mol. The highest BCUT2D eigenvalue weighted by atomic mass is 35.5. The number of nitrogens with zero attached hydrogens (tertiary/aromatic N) is 2. The summed E-state index contributed by atoms with van der Waals surface area (Å²) in [6, 6.07) is 7.02. The maximum atomic E-state index is 12.8. The van der Waals surface area contributed by atoms with Crippen LogP contribution in [0, 0.1) is 0 Å². The third-order valence-corrected chi connectivity index (χ3v) is 4.08. The molecular formula is C18H22ClN3O3. The van der Waals surface area contributed by atoms with Crippen molar-refractivity contribution in [2.75, 3.05) is 11.9 Å². The van der Waals surface area contributed by atoms with Crippen molar-refractivity contribution in [3.63, 3.8) is 0 Å². The molecule has 0 unspecified atom stereocenters. The highest BCUT2D eigenvalue weighted by Crippen LogP contribution is 2.22. The lowest BCUT2D eigenvalue weighted by Crippen LogP contribution is -2.34. The molecule has 0 saturated carbocycles. The van der Waals surface area contributed by atoms with E-state index in [4.69, 9.17) is 16.3 Å². The zero-order valence-corrected chi connectivity index (χ0v) is 14.1. The monoisotopic (exact) mass is 363 g/mol. The predicted molar refractivity (Wildman–Crippen MR) is 98.9 cm³/mol. The van der Waals surface area contributed by atoms with Crippen LogP contribution in [0.1, 0.15) is 43.4 Å². The minimum Gasteiger partial charge on any atom is -0.462 e. The fourth-order valence-corrected chi connectivity index (χ4v) is 2.94. The van der Waals surface area contributed by atoms with Gasteiger partial charge in [0.1, 0.15) is 5.82 Å². The average Bonchev–Trinajstić information content (AvgIpc) is 2.55. The Labute approximate surface area is 151 Å². The Hall–Kier alpha value is -2.34. The molecule has 0 radical (unpaired) electrons. The van der Waals surface area contributed by atoms with Gasteiger partial charge in [0.05, 0.1) is 6.61 Å². The fourth-order valence-electron chi connectivity index (χ4n) is 2.75. The number of ether oxygens (including phenoxy) is 1. The van der Waals surface area contributed by atoms with E-state index in [1.54, 1.807) is 35.8 Å². The molecule has 7 heteroatoms. The van der Waals surface area contributed by atoms with Gasteiger partial charge in [-0.25, -0.2) is 9.78 Å². The van der Waals surface area contributed by atoms with Crippen molar-refractivity contribution in [1.82, 2.24) is 9.55 Å². The molecule has 0 spiro atoms. The Morgan fingerprint density at radius 1 is 1.40 bits per heavy atom. The summed E-state index contributed by atoms with van der Waals surface area (Å²) in [5.41, 5.74) is 0.228. The number of anilines is 2. The number of halogens is 1. The van der Waals surface area contributed by atoms with Crippen LogP contribution in [0.2, 0.25) is 5.02 Å². The molecule has 6 nitrogen and oxygen atoms in total. The van der Waals surface area contributed by atoms with E-state index in [-0.39, 0.29) is 31.0 Å². The van der Waals surface area contributed by atoms with Gasteiger partial charge in [0.2, 0.25) is 0 Å². The standard InChI is InChI=1S/C17H18ClN3O3.CH4/c1-2-24-17(23)14-15(19-12-7-5-6-11(18)10-12)20-13-8-3-4-9-21(13)16(14)22;/h5-7,10,19H,2-4,8-9H2,1H3;1H4. The summed E-state index contributed by atoms with van der Waals surface area (Å²) >= 11 is 5.99. The molecule has 134 valence electrons. The van der Waals surface area contributed by atoms with Crippen LogP contribution in [0.4, 0.5) is 11.5 Å². The van der Waals surface area contributed by atoms with E-state index in [0.29, 0.717) is 29.5 Å². The fraction of sp³-hybridized carbons (Fsp3) is 0.389. The summed E-state index contributed by atoms with van der Waals surface area (Å²) in [6.07, 6.45) is 2.59. The SMILES string of the molecule is C.CCOC(=O)c1c(Nc2cccc(Cl)c2)nc2n(c1=O)CCCC2. The highest BCUT2D eigenvalue weighted by Gasteiger charge is 2.25. The number of rotatable bonds is 4. The van der Waals surface area contributed by atoms with E-state index in [2.05, 4.69) is 10.3 Å². The molecule has 2 heterocycles.